The zero-order chi connectivity index (χ0) is 21.5. The van der Waals surface area contributed by atoms with E-state index < -0.39 is 18.1 Å². The quantitative estimate of drug-likeness (QED) is 0.495. The van der Waals surface area contributed by atoms with Gasteiger partial charge >= 0.3 is 5.97 Å². The summed E-state index contributed by atoms with van der Waals surface area (Å²) in [6.45, 7) is 2.13. The Labute approximate surface area is 183 Å². The van der Waals surface area contributed by atoms with Crippen LogP contribution in [0.2, 0.25) is 0 Å². The zero-order valence-electron chi connectivity index (χ0n) is 16.9. The van der Waals surface area contributed by atoms with Gasteiger partial charge in [0.1, 0.15) is 11.9 Å². The van der Waals surface area contributed by atoms with Crippen molar-refractivity contribution in [2.24, 2.45) is 0 Å². The Kier molecular flexibility index (Phi) is 4.98. The highest BCUT2D eigenvalue weighted by Gasteiger charge is 2.44. The maximum absolute atomic E-state index is 13.1. The molecule has 0 unspecified atom stereocenters. The number of hydrogen-bond donors (Lipinski definition) is 1. The van der Waals surface area contributed by atoms with Crippen molar-refractivity contribution in [1.29, 1.82) is 0 Å². The first kappa shape index (κ1) is 19.8. The van der Waals surface area contributed by atoms with Crippen molar-refractivity contribution >= 4 is 34.4 Å². The number of aromatic nitrogens is 1. The Morgan fingerprint density at radius 3 is 2.81 bits per heavy atom. The molecular formula is C23H21ClN2O5. The Hall–Kier alpha value is -3.19. The molecule has 0 saturated heterocycles. The molecule has 1 amide bonds. The summed E-state index contributed by atoms with van der Waals surface area (Å²) in [5.74, 6) is 0.231. The van der Waals surface area contributed by atoms with Crippen molar-refractivity contribution in [1.82, 2.24) is 9.88 Å². The maximum Gasteiger partial charge on any atom is 0.329 e. The van der Waals surface area contributed by atoms with Gasteiger partial charge in [0.05, 0.1) is 12.6 Å². The number of para-hydroxylation sites is 1. The number of esters is 1. The summed E-state index contributed by atoms with van der Waals surface area (Å²) in [7, 11) is 0. The highest BCUT2D eigenvalue weighted by atomic mass is 35.5. The van der Waals surface area contributed by atoms with Gasteiger partial charge in [-0.1, -0.05) is 24.3 Å². The molecule has 1 aromatic heterocycles. The summed E-state index contributed by atoms with van der Waals surface area (Å²) in [6.07, 6.45) is 0.326. The molecule has 0 aliphatic carbocycles. The predicted octanol–water partition coefficient (Wildman–Crippen LogP) is 3.54. The standard InChI is InChI=1S/C23H21ClN2O5/c1-2-29-23(28)17-10-16-21(14-5-3-4-6-15(14)25-16)22(26(17)20(27)11-24)13-7-8-18-19(9-13)31-12-30-18/h3-9,17,22,25H,2,10-12H2,1H3/t17-,22-/m1/s1. The number of rotatable bonds is 4. The van der Waals surface area contributed by atoms with Gasteiger partial charge in [0.15, 0.2) is 11.5 Å². The minimum Gasteiger partial charge on any atom is -0.464 e. The van der Waals surface area contributed by atoms with Crippen LogP contribution in [0.5, 0.6) is 11.5 Å². The molecule has 2 aliphatic rings. The van der Waals surface area contributed by atoms with Crippen LogP contribution < -0.4 is 9.47 Å². The molecule has 0 spiro atoms. The average Bonchev–Trinajstić information content (AvgIpc) is 3.41. The van der Waals surface area contributed by atoms with E-state index in [-0.39, 0.29) is 25.2 Å². The number of fused-ring (bicyclic) bond motifs is 4. The summed E-state index contributed by atoms with van der Waals surface area (Å²) in [4.78, 5) is 31.0. The number of carbonyl (C=O) groups is 2. The predicted molar refractivity (Wildman–Crippen MR) is 114 cm³/mol. The molecule has 2 atom stereocenters. The van der Waals surface area contributed by atoms with Crippen LogP contribution in [-0.2, 0) is 20.7 Å². The van der Waals surface area contributed by atoms with Crippen LogP contribution in [0.1, 0.15) is 29.8 Å². The highest BCUT2D eigenvalue weighted by Crippen LogP contribution is 2.44. The number of amides is 1. The van der Waals surface area contributed by atoms with E-state index in [0.717, 1.165) is 27.7 Å². The smallest absolute Gasteiger partial charge is 0.329 e. The van der Waals surface area contributed by atoms with Crippen molar-refractivity contribution in [3.8, 4) is 11.5 Å². The number of carbonyl (C=O) groups excluding carboxylic acids is 2. The van der Waals surface area contributed by atoms with Crippen molar-refractivity contribution in [3.05, 3.63) is 59.3 Å². The van der Waals surface area contributed by atoms with Crippen LogP contribution >= 0.6 is 11.6 Å². The van der Waals surface area contributed by atoms with Crippen LogP contribution in [0.4, 0.5) is 0 Å². The molecule has 1 N–H and O–H groups in total. The summed E-state index contributed by atoms with van der Waals surface area (Å²) in [5, 5.41) is 0.995. The van der Waals surface area contributed by atoms with Gasteiger partial charge in [-0.05, 0) is 30.7 Å². The largest absolute Gasteiger partial charge is 0.464 e. The van der Waals surface area contributed by atoms with E-state index in [1.807, 2.05) is 42.5 Å². The Balaban J connectivity index is 1.74. The van der Waals surface area contributed by atoms with E-state index in [2.05, 4.69) is 4.98 Å². The molecule has 0 saturated carbocycles. The van der Waals surface area contributed by atoms with Crippen LogP contribution in [0.25, 0.3) is 10.9 Å². The molecule has 0 radical (unpaired) electrons. The van der Waals surface area contributed by atoms with Gasteiger partial charge in [-0.25, -0.2) is 4.79 Å². The van der Waals surface area contributed by atoms with Gasteiger partial charge in [0.2, 0.25) is 12.7 Å². The van der Waals surface area contributed by atoms with Crippen LogP contribution in [0.3, 0.4) is 0 Å². The van der Waals surface area contributed by atoms with Gasteiger partial charge in [-0.2, -0.15) is 0 Å². The molecular weight excluding hydrogens is 420 g/mol. The number of hydrogen-bond acceptors (Lipinski definition) is 5. The second-order valence-electron chi connectivity index (χ2n) is 7.48. The lowest BCUT2D eigenvalue weighted by Crippen LogP contribution is -2.52. The second-order valence-corrected chi connectivity index (χ2v) is 7.75. The van der Waals surface area contributed by atoms with Crippen LogP contribution in [0, 0.1) is 0 Å². The summed E-state index contributed by atoms with van der Waals surface area (Å²) in [5.41, 5.74) is 3.61. The number of H-pyrrole nitrogens is 1. The van der Waals surface area contributed by atoms with E-state index in [0.29, 0.717) is 17.9 Å². The lowest BCUT2D eigenvalue weighted by molar-refractivity contribution is -0.156. The number of benzene rings is 2. The minimum atomic E-state index is -0.790. The first-order valence-electron chi connectivity index (χ1n) is 10.1. The molecule has 2 aliphatic heterocycles. The van der Waals surface area contributed by atoms with Crippen molar-refractivity contribution in [2.45, 2.75) is 25.4 Å². The molecule has 2 aromatic carbocycles. The number of ether oxygens (including phenoxy) is 3. The number of nitrogens with one attached hydrogen (secondary N) is 1. The molecule has 31 heavy (non-hydrogen) atoms. The lowest BCUT2D eigenvalue weighted by atomic mass is 9.86. The first-order chi connectivity index (χ1) is 15.1. The van der Waals surface area contributed by atoms with Crippen LogP contribution in [-0.4, -0.2) is 47.1 Å². The molecule has 3 aromatic rings. The van der Waals surface area contributed by atoms with Gasteiger partial charge in [0, 0.05) is 28.6 Å². The summed E-state index contributed by atoms with van der Waals surface area (Å²) < 4.78 is 16.3. The lowest BCUT2D eigenvalue weighted by Gasteiger charge is -2.41. The third kappa shape index (κ3) is 3.20. The van der Waals surface area contributed by atoms with E-state index in [1.54, 1.807) is 11.8 Å². The molecule has 0 bridgehead atoms. The van der Waals surface area contributed by atoms with E-state index in [1.165, 1.54) is 0 Å². The fourth-order valence-electron chi connectivity index (χ4n) is 4.54. The highest BCUT2D eigenvalue weighted by molar-refractivity contribution is 6.27. The van der Waals surface area contributed by atoms with Crippen molar-refractivity contribution < 1.29 is 23.8 Å². The summed E-state index contributed by atoms with van der Waals surface area (Å²) >= 11 is 6.00. The number of alkyl halides is 1. The topological polar surface area (TPSA) is 80.9 Å². The second kappa shape index (κ2) is 7.81. The molecule has 160 valence electrons. The molecule has 7 nitrogen and oxygen atoms in total. The van der Waals surface area contributed by atoms with Gasteiger partial charge < -0.3 is 24.1 Å². The molecule has 5 rings (SSSR count). The van der Waals surface area contributed by atoms with E-state index in [9.17, 15) is 9.59 Å². The van der Waals surface area contributed by atoms with E-state index >= 15 is 0 Å². The number of aromatic amines is 1. The van der Waals surface area contributed by atoms with Gasteiger partial charge in [-0.15, -0.1) is 11.6 Å². The van der Waals surface area contributed by atoms with E-state index in [4.69, 9.17) is 25.8 Å². The number of halogens is 1. The minimum absolute atomic E-state index is 0.150. The Morgan fingerprint density at radius 2 is 2.00 bits per heavy atom. The average molecular weight is 441 g/mol. The van der Waals surface area contributed by atoms with Gasteiger partial charge in [0.25, 0.3) is 0 Å². The van der Waals surface area contributed by atoms with Crippen molar-refractivity contribution in [3.63, 3.8) is 0 Å². The Bertz CT molecular complexity index is 1170. The third-order valence-electron chi connectivity index (χ3n) is 5.79. The monoisotopic (exact) mass is 440 g/mol. The third-order valence-corrected chi connectivity index (χ3v) is 6.01. The first-order valence-corrected chi connectivity index (χ1v) is 10.7. The molecule has 0 fully saturated rings. The fraction of sp³-hybridized carbons (Fsp3) is 0.304. The summed E-state index contributed by atoms with van der Waals surface area (Å²) in [6, 6.07) is 12.2. The molecule has 8 heteroatoms. The Morgan fingerprint density at radius 1 is 1.19 bits per heavy atom. The fourth-order valence-corrected chi connectivity index (χ4v) is 4.67. The normalized spacial score (nSPS) is 19.4. The number of nitrogens with zero attached hydrogens (tertiary/aromatic N) is 1. The van der Waals surface area contributed by atoms with Gasteiger partial charge in [-0.3, -0.25) is 4.79 Å². The maximum atomic E-state index is 13.1. The van der Waals surface area contributed by atoms with Crippen molar-refractivity contribution in [2.75, 3.05) is 19.3 Å². The SMILES string of the molecule is CCOC(=O)[C@H]1Cc2[nH]c3ccccc3c2[C@@H](c2ccc3c(c2)OCO3)N1C(=O)CCl. The zero-order valence-corrected chi connectivity index (χ0v) is 17.6. The molecule has 3 heterocycles. The van der Waals surface area contributed by atoms with Crippen LogP contribution in [0.15, 0.2) is 42.5 Å².